The Hall–Kier alpha value is -2.37. The van der Waals surface area contributed by atoms with Crippen LogP contribution in [-0.2, 0) is 4.74 Å². The zero-order valence-corrected chi connectivity index (χ0v) is 8.62. The average molecular weight is 218 g/mol. The molecule has 16 heavy (non-hydrogen) atoms. The minimum absolute atomic E-state index is 0.341. The van der Waals surface area contributed by atoms with E-state index in [1.54, 1.807) is 24.5 Å². The predicted molar refractivity (Wildman–Crippen MR) is 57.1 cm³/mol. The Balaban J connectivity index is 2.52. The molecule has 0 fully saturated rings. The molecule has 6 nitrogen and oxygen atoms in total. The number of aromatic nitrogens is 3. The highest BCUT2D eigenvalue weighted by Crippen LogP contribution is 2.13. The molecule has 0 aromatic carbocycles. The van der Waals surface area contributed by atoms with Gasteiger partial charge in [0.25, 0.3) is 0 Å². The molecule has 2 aromatic heterocycles. The Kier molecular flexibility index (Phi) is 2.55. The number of carbonyl (C=O) groups excluding carboxylic acids is 1. The Morgan fingerprint density at radius 1 is 1.56 bits per heavy atom. The van der Waals surface area contributed by atoms with Crippen LogP contribution in [0.25, 0.3) is 5.82 Å². The third-order valence-corrected chi connectivity index (χ3v) is 2.01. The van der Waals surface area contributed by atoms with Crippen LogP contribution in [0.3, 0.4) is 0 Å². The minimum Gasteiger partial charge on any atom is -0.465 e. The normalized spacial score (nSPS) is 10.1. The fourth-order valence-electron chi connectivity index (χ4n) is 1.30. The van der Waals surface area contributed by atoms with Gasteiger partial charge in [0.15, 0.2) is 5.82 Å². The molecular weight excluding hydrogens is 208 g/mol. The third kappa shape index (κ3) is 1.72. The minimum atomic E-state index is -0.461. The molecule has 2 N–H and O–H groups in total. The summed E-state index contributed by atoms with van der Waals surface area (Å²) in [6.07, 6.45) is 4.63. The maximum absolute atomic E-state index is 11.5. The van der Waals surface area contributed by atoms with Gasteiger partial charge in [0.05, 0.1) is 25.2 Å². The van der Waals surface area contributed by atoms with Crippen molar-refractivity contribution in [2.45, 2.75) is 0 Å². The summed E-state index contributed by atoms with van der Waals surface area (Å²) in [5.41, 5.74) is 6.39. The second-order valence-electron chi connectivity index (χ2n) is 3.08. The van der Waals surface area contributed by atoms with Gasteiger partial charge in [-0.3, -0.25) is 0 Å². The maximum atomic E-state index is 11.5. The zero-order chi connectivity index (χ0) is 11.5. The summed E-state index contributed by atoms with van der Waals surface area (Å²) >= 11 is 0. The molecule has 0 amide bonds. The van der Waals surface area contributed by atoms with Crippen LogP contribution in [0.1, 0.15) is 10.4 Å². The van der Waals surface area contributed by atoms with Crippen molar-refractivity contribution in [2.75, 3.05) is 12.8 Å². The lowest BCUT2D eigenvalue weighted by atomic mass is 10.2. The van der Waals surface area contributed by atoms with Crippen LogP contribution in [0.2, 0.25) is 0 Å². The van der Waals surface area contributed by atoms with E-state index in [4.69, 9.17) is 5.73 Å². The van der Waals surface area contributed by atoms with E-state index < -0.39 is 5.97 Å². The number of anilines is 1. The van der Waals surface area contributed by atoms with E-state index in [1.165, 1.54) is 18.0 Å². The quantitative estimate of drug-likeness (QED) is 0.748. The summed E-state index contributed by atoms with van der Waals surface area (Å²) in [6.45, 7) is 0. The number of esters is 1. The number of ether oxygens (including phenoxy) is 1. The zero-order valence-electron chi connectivity index (χ0n) is 8.62. The topological polar surface area (TPSA) is 83.0 Å². The van der Waals surface area contributed by atoms with Crippen LogP contribution in [0.4, 0.5) is 5.69 Å². The van der Waals surface area contributed by atoms with E-state index in [1.807, 2.05) is 0 Å². The van der Waals surface area contributed by atoms with E-state index in [0.29, 0.717) is 17.1 Å². The van der Waals surface area contributed by atoms with Crippen LogP contribution >= 0.6 is 0 Å². The number of hydrogen-bond acceptors (Lipinski definition) is 5. The standard InChI is InChI=1S/C10H10N4O2/c1-16-10(15)8-3-2-4-12-9(8)14-6-7(11)5-13-14/h2-6H,11H2,1H3. The molecule has 0 bridgehead atoms. The largest absolute Gasteiger partial charge is 0.465 e. The predicted octanol–water partition coefficient (Wildman–Crippen LogP) is 0.636. The lowest BCUT2D eigenvalue weighted by Crippen LogP contribution is -2.09. The SMILES string of the molecule is COC(=O)c1cccnc1-n1cc(N)cn1. The first-order valence-corrected chi connectivity index (χ1v) is 4.56. The Morgan fingerprint density at radius 3 is 3.00 bits per heavy atom. The lowest BCUT2D eigenvalue weighted by Gasteiger charge is -2.05. The first kappa shape index (κ1) is 10.2. The molecular formula is C10H10N4O2. The van der Waals surface area contributed by atoms with Gasteiger partial charge in [-0.2, -0.15) is 5.10 Å². The average Bonchev–Trinajstić information content (AvgIpc) is 2.75. The number of methoxy groups -OCH3 is 1. The molecule has 0 saturated heterocycles. The Labute approximate surface area is 91.7 Å². The third-order valence-electron chi connectivity index (χ3n) is 2.01. The molecule has 0 radical (unpaired) electrons. The molecule has 0 spiro atoms. The summed E-state index contributed by atoms with van der Waals surface area (Å²) in [5, 5.41) is 3.98. The summed E-state index contributed by atoms with van der Waals surface area (Å²) in [5.74, 6) is -0.0665. The van der Waals surface area contributed by atoms with Gasteiger partial charge in [-0.05, 0) is 12.1 Å². The maximum Gasteiger partial charge on any atom is 0.341 e. The van der Waals surface area contributed by atoms with Crippen LogP contribution in [0.5, 0.6) is 0 Å². The van der Waals surface area contributed by atoms with Crippen molar-refractivity contribution < 1.29 is 9.53 Å². The number of rotatable bonds is 2. The first-order chi connectivity index (χ1) is 7.72. The molecule has 0 unspecified atom stereocenters. The molecule has 0 aliphatic rings. The van der Waals surface area contributed by atoms with Gasteiger partial charge in [0, 0.05) is 6.20 Å². The number of pyridine rings is 1. The summed E-state index contributed by atoms with van der Waals surface area (Å²) in [7, 11) is 1.32. The number of nitrogens with two attached hydrogens (primary N) is 1. The van der Waals surface area contributed by atoms with Gasteiger partial charge < -0.3 is 10.5 Å². The van der Waals surface area contributed by atoms with Gasteiger partial charge in [-0.15, -0.1) is 0 Å². The van der Waals surface area contributed by atoms with Crippen molar-refractivity contribution in [1.82, 2.24) is 14.8 Å². The van der Waals surface area contributed by atoms with E-state index >= 15 is 0 Å². The van der Waals surface area contributed by atoms with E-state index in [0.717, 1.165) is 0 Å². The summed E-state index contributed by atoms with van der Waals surface area (Å²) in [4.78, 5) is 15.6. The number of nitrogen functional groups attached to an aromatic ring is 1. The highest BCUT2D eigenvalue weighted by Gasteiger charge is 2.14. The molecule has 82 valence electrons. The van der Waals surface area contributed by atoms with Crippen LogP contribution < -0.4 is 5.73 Å². The lowest BCUT2D eigenvalue weighted by molar-refractivity contribution is 0.0600. The van der Waals surface area contributed by atoms with Crippen LogP contribution in [-0.4, -0.2) is 27.8 Å². The molecule has 0 saturated carbocycles. The molecule has 0 atom stereocenters. The Morgan fingerprint density at radius 2 is 2.38 bits per heavy atom. The van der Waals surface area contributed by atoms with Gasteiger partial charge in [0.2, 0.25) is 0 Å². The highest BCUT2D eigenvalue weighted by molar-refractivity contribution is 5.92. The molecule has 2 aromatic rings. The second-order valence-corrected chi connectivity index (χ2v) is 3.08. The second kappa shape index (κ2) is 4.01. The van der Waals surface area contributed by atoms with Gasteiger partial charge in [0.1, 0.15) is 5.56 Å². The van der Waals surface area contributed by atoms with E-state index in [-0.39, 0.29) is 0 Å². The number of carbonyl (C=O) groups is 1. The number of nitrogens with zero attached hydrogens (tertiary/aromatic N) is 3. The van der Waals surface area contributed by atoms with Gasteiger partial charge in [-0.25, -0.2) is 14.5 Å². The van der Waals surface area contributed by atoms with E-state index in [9.17, 15) is 4.79 Å². The van der Waals surface area contributed by atoms with Crippen LogP contribution in [0.15, 0.2) is 30.7 Å². The van der Waals surface area contributed by atoms with Crippen molar-refractivity contribution in [1.29, 1.82) is 0 Å². The molecule has 0 aliphatic heterocycles. The van der Waals surface area contributed by atoms with E-state index in [2.05, 4.69) is 14.8 Å². The molecule has 2 rings (SSSR count). The van der Waals surface area contributed by atoms with Crippen molar-refractivity contribution in [3.63, 3.8) is 0 Å². The van der Waals surface area contributed by atoms with Crippen molar-refractivity contribution >= 4 is 11.7 Å². The van der Waals surface area contributed by atoms with Crippen molar-refractivity contribution in [3.8, 4) is 5.82 Å². The van der Waals surface area contributed by atoms with Gasteiger partial charge >= 0.3 is 5.97 Å². The van der Waals surface area contributed by atoms with Crippen molar-refractivity contribution in [2.24, 2.45) is 0 Å². The monoisotopic (exact) mass is 218 g/mol. The molecule has 0 aliphatic carbocycles. The highest BCUT2D eigenvalue weighted by atomic mass is 16.5. The fourth-order valence-corrected chi connectivity index (χ4v) is 1.30. The first-order valence-electron chi connectivity index (χ1n) is 4.56. The fraction of sp³-hybridized carbons (Fsp3) is 0.100. The summed E-state index contributed by atoms with van der Waals surface area (Å²) in [6, 6.07) is 3.27. The van der Waals surface area contributed by atoms with Gasteiger partial charge in [-0.1, -0.05) is 0 Å². The van der Waals surface area contributed by atoms with Crippen molar-refractivity contribution in [3.05, 3.63) is 36.3 Å². The van der Waals surface area contributed by atoms with Crippen LogP contribution in [0, 0.1) is 0 Å². The smallest absolute Gasteiger partial charge is 0.341 e. The Bertz CT molecular complexity index is 521. The molecule has 6 heteroatoms. The molecule has 2 heterocycles. The number of hydrogen-bond donors (Lipinski definition) is 1. The summed E-state index contributed by atoms with van der Waals surface area (Å²) < 4.78 is 6.09.